The summed E-state index contributed by atoms with van der Waals surface area (Å²) in [6.45, 7) is 1.01. The van der Waals surface area contributed by atoms with E-state index in [4.69, 9.17) is 4.74 Å². The lowest BCUT2D eigenvalue weighted by Gasteiger charge is -2.12. The maximum absolute atomic E-state index is 9.39. The summed E-state index contributed by atoms with van der Waals surface area (Å²) in [6.07, 6.45) is 4.85. The number of aromatic nitrogens is 2. The fourth-order valence-corrected chi connectivity index (χ4v) is 1.28. The molecule has 0 radical (unpaired) electrons. The molecule has 1 aliphatic rings. The lowest BCUT2D eigenvalue weighted by atomic mass is 10.2. The van der Waals surface area contributed by atoms with E-state index in [1.165, 1.54) is 0 Å². The molecule has 4 heteroatoms. The second kappa shape index (κ2) is 2.64. The van der Waals surface area contributed by atoms with Crippen LogP contribution in [0.15, 0.2) is 18.7 Å². The third kappa shape index (κ3) is 1.15. The maximum atomic E-state index is 9.39. The summed E-state index contributed by atoms with van der Waals surface area (Å²) in [7, 11) is 0. The summed E-state index contributed by atoms with van der Waals surface area (Å²) in [5, 5.41) is 9.39. The molecular formula is C7H10N2O2. The Hall–Kier alpha value is -0.870. The van der Waals surface area contributed by atoms with Crippen LogP contribution in [0.25, 0.3) is 0 Å². The van der Waals surface area contributed by atoms with Crippen molar-refractivity contribution in [2.24, 2.45) is 0 Å². The van der Waals surface area contributed by atoms with E-state index in [2.05, 4.69) is 4.98 Å². The molecule has 0 unspecified atom stereocenters. The van der Waals surface area contributed by atoms with Gasteiger partial charge < -0.3 is 14.4 Å². The summed E-state index contributed by atoms with van der Waals surface area (Å²) in [5.41, 5.74) is 0. The van der Waals surface area contributed by atoms with Crippen molar-refractivity contribution in [1.29, 1.82) is 0 Å². The van der Waals surface area contributed by atoms with Gasteiger partial charge in [-0.3, -0.25) is 0 Å². The SMILES string of the molecule is O[C@H]1COC[C@@H]1n1ccnc1. The van der Waals surface area contributed by atoms with Crippen LogP contribution in [0.5, 0.6) is 0 Å². The van der Waals surface area contributed by atoms with Gasteiger partial charge in [0.05, 0.1) is 25.6 Å². The van der Waals surface area contributed by atoms with Gasteiger partial charge in [-0.05, 0) is 0 Å². The van der Waals surface area contributed by atoms with E-state index in [9.17, 15) is 5.11 Å². The normalized spacial score (nSPS) is 31.0. The van der Waals surface area contributed by atoms with Crippen LogP contribution in [0.2, 0.25) is 0 Å². The summed E-state index contributed by atoms with van der Waals surface area (Å²) in [5.74, 6) is 0. The van der Waals surface area contributed by atoms with E-state index < -0.39 is 0 Å². The van der Waals surface area contributed by atoms with Crippen molar-refractivity contribution < 1.29 is 9.84 Å². The highest BCUT2D eigenvalue weighted by atomic mass is 16.5. The zero-order chi connectivity index (χ0) is 7.68. The monoisotopic (exact) mass is 154 g/mol. The Morgan fingerprint density at radius 2 is 2.45 bits per heavy atom. The minimum absolute atomic E-state index is 0.0532. The second-order valence-corrected chi connectivity index (χ2v) is 2.68. The first-order chi connectivity index (χ1) is 5.38. The Kier molecular flexibility index (Phi) is 1.63. The molecule has 2 heterocycles. The molecule has 0 aromatic carbocycles. The van der Waals surface area contributed by atoms with Gasteiger partial charge in [0.2, 0.25) is 0 Å². The molecule has 0 spiro atoms. The Bertz CT molecular complexity index is 222. The van der Waals surface area contributed by atoms with Gasteiger partial charge in [-0.2, -0.15) is 0 Å². The third-order valence-electron chi connectivity index (χ3n) is 1.93. The highest BCUT2D eigenvalue weighted by Gasteiger charge is 2.26. The molecule has 60 valence electrons. The average Bonchev–Trinajstić information content (AvgIpc) is 2.55. The molecule has 1 aliphatic heterocycles. The van der Waals surface area contributed by atoms with Crippen LogP contribution in [-0.2, 0) is 4.74 Å². The van der Waals surface area contributed by atoms with Crippen LogP contribution < -0.4 is 0 Å². The van der Waals surface area contributed by atoms with Crippen LogP contribution >= 0.6 is 0 Å². The molecule has 0 amide bonds. The molecule has 4 nitrogen and oxygen atoms in total. The van der Waals surface area contributed by atoms with Gasteiger partial charge in [-0.15, -0.1) is 0 Å². The first-order valence-electron chi connectivity index (χ1n) is 3.61. The molecular weight excluding hydrogens is 144 g/mol. The summed E-state index contributed by atoms with van der Waals surface area (Å²) < 4.78 is 6.97. The van der Waals surface area contributed by atoms with Gasteiger partial charge in [0.25, 0.3) is 0 Å². The zero-order valence-electron chi connectivity index (χ0n) is 6.05. The highest BCUT2D eigenvalue weighted by molar-refractivity contribution is 4.86. The molecule has 2 atom stereocenters. The van der Waals surface area contributed by atoms with Gasteiger partial charge in [-0.25, -0.2) is 4.98 Å². The minimum atomic E-state index is -0.385. The Balaban J connectivity index is 2.16. The maximum Gasteiger partial charge on any atom is 0.100 e. The number of hydrogen-bond acceptors (Lipinski definition) is 3. The number of aliphatic hydroxyl groups is 1. The number of nitrogens with zero attached hydrogens (tertiary/aromatic N) is 2. The van der Waals surface area contributed by atoms with Crippen molar-refractivity contribution in [2.75, 3.05) is 13.2 Å². The Labute approximate surface area is 64.4 Å². The van der Waals surface area contributed by atoms with Gasteiger partial charge >= 0.3 is 0 Å². The predicted molar refractivity (Wildman–Crippen MR) is 38.1 cm³/mol. The number of ether oxygens (including phenoxy) is 1. The van der Waals surface area contributed by atoms with E-state index in [0.717, 1.165) is 0 Å². The van der Waals surface area contributed by atoms with Gasteiger partial charge in [0, 0.05) is 12.4 Å². The van der Waals surface area contributed by atoms with E-state index >= 15 is 0 Å². The summed E-state index contributed by atoms with van der Waals surface area (Å²) in [4.78, 5) is 3.90. The standard InChI is InChI=1S/C7H10N2O2/c10-7-4-11-3-6(7)9-2-1-8-5-9/h1-2,5-7,10H,3-4H2/t6-,7-/m0/s1. The lowest BCUT2D eigenvalue weighted by molar-refractivity contribution is 0.119. The van der Waals surface area contributed by atoms with Crippen molar-refractivity contribution in [3.05, 3.63) is 18.7 Å². The first kappa shape index (κ1) is 6.82. The number of aliphatic hydroxyl groups excluding tert-OH is 1. The molecule has 1 fully saturated rings. The van der Waals surface area contributed by atoms with E-state index in [1.54, 1.807) is 12.5 Å². The van der Waals surface area contributed by atoms with Gasteiger partial charge in [-0.1, -0.05) is 0 Å². The topological polar surface area (TPSA) is 47.3 Å². The van der Waals surface area contributed by atoms with Gasteiger partial charge in [0.15, 0.2) is 0 Å². The molecule has 1 aromatic rings. The van der Waals surface area contributed by atoms with Crippen LogP contribution in [0, 0.1) is 0 Å². The van der Waals surface area contributed by atoms with Crippen LogP contribution in [0.3, 0.4) is 0 Å². The molecule has 2 rings (SSSR count). The van der Waals surface area contributed by atoms with E-state index in [0.29, 0.717) is 13.2 Å². The van der Waals surface area contributed by atoms with Crippen molar-refractivity contribution in [2.45, 2.75) is 12.1 Å². The van der Waals surface area contributed by atoms with Crippen molar-refractivity contribution >= 4 is 0 Å². The second-order valence-electron chi connectivity index (χ2n) is 2.68. The largest absolute Gasteiger partial charge is 0.388 e. The zero-order valence-corrected chi connectivity index (χ0v) is 6.05. The van der Waals surface area contributed by atoms with Crippen molar-refractivity contribution in [3.8, 4) is 0 Å². The van der Waals surface area contributed by atoms with Crippen molar-refractivity contribution in [3.63, 3.8) is 0 Å². The Morgan fingerprint density at radius 3 is 3.00 bits per heavy atom. The summed E-state index contributed by atoms with van der Waals surface area (Å²) in [6, 6.07) is 0.0532. The first-order valence-corrected chi connectivity index (χ1v) is 3.61. The van der Waals surface area contributed by atoms with Crippen molar-refractivity contribution in [1.82, 2.24) is 9.55 Å². The molecule has 0 aliphatic carbocycles. The Morgan fingerprint density at radius 1 is 1.55 bits per heavy atom. The fourth-order valence-electron chi connectivity index (χ4n) is 1.28. The number of imidazole rings is 1. The number of rotatable bonds is 1. The van der Waals surface area contributed by atoms with E-state index in [1.807, 2.05) is 10.8 Å². The average molecular weight is 154 g/mol. The van der Waals surface area contributed by atoms with Crippen LogP contribution in [0.4, 0.5) is 0 Å². The predicted octanol–water partition coefficient (Wildman–Crippen LogP) is -0.185. The smallest absolute Gasteiger partial charge is 0.100 e. The molecule has 11 heavy (non-hydrogen) atoms. The molecule has 0 saturated carbocycles. The van der Waals surface area contributed by atoms with Crippen LogP contribution in [-0.4, -0.2) is 34.0 Å². The quantitative estimate of drug-likeness (QED) is 0.610. The van der Waals surface area contributed by atoms with E-state index in [-0.39, 0.29) is 12.1 Å². The third-order valence-corrected chi connectivity index (χ3v) is 1.93. The molecule has 0 bridgehead atoms. The molecule has 1 aromatic heterocycles. The van der Waals surface area contributed by atoms with Crippen LogP contribution in [0.1, 0.15) is 6.04 Å². The summed E-state index contributed by atoms with van der Waals surface area (Å²) >= 11 is 0. The molecule has 1 N–H and O–H groups in total. The fraction of sp³-hybridized carbons (Fsp3) is 0.571. The number of hydrogen-bond donors (Lipinski definition) is 1. The molecule has 1 saturated heterocycles. The highest BCUT2D eigenvalue weighted by Crippen LogP contribution is 2.18. The lowest BCUT2D eigenvalue weighted by Crippen LogP contribution is -2.20. The minimum Gasteiger partial charge on any atom is -0.388 e. The van der Waals surface area contributed by atoms with Gasteiger partial charge in [0.1, 0.15) is 6.10 Å².